The van der Waals surface area contributed by atoms with E-state index in [9.17, 15) is 4.79 Å². The van der Waals surface area contributed by atoms with Crippen molar-refractivity contribution in [1.82, 2.24) is 0 Å². The van der Waals surface area contributed by atoms with Gasteiger partial charge in [0.1, 0.15) is 0 Å². The van der Waals surface area contributed by atoms with Crippen molar-refractivity contribution in [3.05, 3.63) is 59.2 Å². The molecule has 0 heterocycles. The van der Waals surface area contributed by atoms with Gasteiger partial charge in [-0.2, -0.15) is 0 Å². The number of anilines is 1. The van der Waals surface area contributed by atoms with E-state index in [2.05, 4.69) is 5.32 Å². The summed E-state index contributed by atoms with van der Waals surface area (Å²) in [7, 11) is 1.60. The third kappa shape index (κ3) is 4.62. The van der Waals surface area contributed by atoms with Gasteiger partial charge in [0.2, 0.25) is 5.91 Å². The molecule has 0 atom stereocenters. The molecule has 0 aliphatic carbocycles. The van der Waals surface area contributed by atoms with Crippen LogP contribution < -0.4 is 14.8 Å². The van der Waals surface area contributed by atoms with E-state index in [1.807, 2.05) is 57.2 Å². The maximum absolute atomic E-state index is 12.1. The molecule has 4 heteroatoms. The summed E-state index contributed by atoms with van der Waals surface area (Å²) in [5.74, 6) is 1.16. The van der Waals surface area contributed by atoms with Gasteiger partial charge < -0.3 is 14.8 Å². The molecule has 0 radical (unpaired) electrons. The van der Waals surface area contributed by atoms with E-state index in [4.69, 9.17) is 9.47 Å². The molecule has 0 aromatic heterocycles. The van der Waals surface area contributed by atoms with Crippen molar-refractivity contribution >= 4 is 17.7 Å². The van der Waals surface area contributed by atoms with Crippen molar-refractivity contribution < 1.29 is 14.3 Å². The van der Waals surface area contributed by atoms with E-state index in [1.54, 1.807) is 13.2 Å². The average Bonchev–Trinajstić information content (AvgIpc) is 2.57. The number of ether oxygens (including phenoxy) is 2. The molecule has 0 saturated carbocycles. The van der Waals surface area contributed by atoms with Gasteiger partial charge in [0, 0.05) is 11.8 Å². The van der Waals surface area contributed by atoms with Crippen LogP contribution in [0.25, 0.3) is 6.08 Å². The lowest BCUT2D eigenvalue weighted by atomic mass is 10.1. The fourth-order valence-corrected chi connectivity index (χ4v) is 2.24. The summed E-state index contributed by atoms with van der Waals surface area (Å²) in [5.41, 5.74) is 4.00. The van der Waals surface area contributed by atoms with Crippen LogP contribution in [-0.2, 0) is 4.79 Å². The Bertz CT molecular complexity index is 751. The summed E-state index contributed by atoms with van der Waals surface area (Å²) in [6, 6.07) is 11.4. The smallest absolute Gasteiger partial charge is 0.248 e. The predicted octanol–water partition coefficient (Wildman–Crippen LogP) is 4.36. The standard InChI is InChI=1S/C20H23NO3/c1-5-24-18-10-7-16(13-19(18)23-4)8-11-20(22)21-17-9-6-14(2)15(3)12-17/h6-13H,5H2,1-4H3,(H,21,22)/b11-8+. The Morgan fingerprint density at radius 2 is 1.88 bits per heavy atom. The number of nitrogens with one attached hydrogen (secondary N) is 1. The largest absolute Gasteiger partial charge is 0.493 e. The van der Waals surface area contributed by atoms with Gasteiger partial charge in [-0.1, -0.05) is 12.1 Å². The van der Waals surface area contributed by atoms with Crippen LogP contribution in [0.15, 0.2) is 42.5 Å². The number of hydrogen-bond donors (Lipinski definition) is 1. The van der Waals surface area contributed by atoms with Crippen molar-refractivity contribution in [3.63, 3.8) is 0 Å². The van der Waals surface area contributed by atoms with Gasteiger partial charge in [-0.3, -0.25) is 4.79 Å². The summed E-state index contributed by atoms with van der Waals surface area (Å²) < 4.78 is 10.8. The Labute approximate surface area is 143 Å². The molecule has 0 saturated heterocycles. The number of carbonyl (C=O) groups excluding carboxylic acids is 1. The quantitative estimate of drug-likeness (QED) is 0.803. The van der Waals surface area contributed by atoms with Gasteiger partial charge in [0.15, 0.2) is 11.5 Å². The van der Waals surface area contributed by atoms with Crippen LogP contribution in [0.3, 0.4) is 0 Å². The van der Waals surface area contributed by atoms with Crippen molar-refractivity contribution in [1.29, 1.82) is 0 Å². The Balaban J connectivity index is 2.06. The van der Waals surface area contributed by atoms with Crippen LogP contribution >= 0.6 is 0 Å². The SMILES string of the molecule is CCOc1ccc(/C=C/C(=O)Nc2ccc(C)c(C)c2)cc1OC. The molecular formula is C20H23NO3. The molecule has 1 amide bonds. The third-order valence-corrected chi connectivity index (χ3v) is 3.69. The number of benzene rings is 2. The van der Waals surface area contributed by atoms with Gasteiger partial charge >= 0.3 is 0 Å². The number of methoxy groups -OCH3 is 1. The molecule has 0 bridgehead atoms. The van der Waals surface area contributed by atoms with E-state index < -0.39 is 0 Å². The predicted molar refractivity (Wildman–Crippen MR) is 97.7 cm³/mol. The lowest BCUT2D eigenvalue weighted by molar-refractivity contribution is -0.111. The second-order valence-electron chi connectivity index (χ2n) is 5.46. The summed E-state index contributed by atoms with van der Waals surface area (Å²) in [4.78, 5) is 12.1. The first kappa shape index (κ1) is 17.6. The molecule has 4 nitrogen and oxygen atoms in total. The molecule has 24 heavy (non-hydrogen) atoms. The zero-order chi connectivity index (χ0) is 17.5. The molecule has 0 unspecified atom stereocenters. The monoisotopic (exact) mass is 325 g/mol. The highest BCUT2D eigenvalue weighted by molar-refractivity contribution is 6.02. The molecular weight excluding hydrogens is 302 g/mol. The topological polar surface area (TPSA) is 47.6 Å². The minimum atomic E-state index is -0.175. The van der Waals surface area contributed by atoms with Gasteiger partial charge in [0.25, 0.3) is 0 Å². The zero-order valence-electron chi connectivity index (χ0n) is 14.6. The summed E-state index contributed by atoms with van der Waals surface area (Å²) in [5, 5.41) is 2.86. The van der Waals surface area contributed by atoms with Crippen LogP contribution in [-0.4, -0.2) is 19.6 Å². The maximum atomic E-state index is 12.1. The average molecular weight is 325 g/mol. The van der Waals surface area contributed by atoms with Crippen LogP contribution in [0.1, 0.15) is 23.6 Å². The molecule has 0 aliphatic heterocycles. The summed E-state index contributed by atoms with van der Waals surface area (Å²) in [6.07, 6.45) is 3.25. The third-order valence-electron chi connectivity index (χ3n) is 3.69. The van der Waals surface area contributed by atoms with Crippen LogP contribution in [0, 0.1) is 13.8 Å². The maximum Gasteiger partial charge on any atom is 0.248 e. The van der Waals surface area contributed by atoms with Crippen molar-refractivity contribution in [2.45, 2.75) is 20.8 Å². The highest BCUT2D eigenvalue weighted by atomic mass is 16.5. The van der Waals surface area contributed by atoms with Gasteiger partial charge in [-0.05, 0) is 67.8 Å². The molecule has 2 aromatic rings. The molecule has 0 aliphatic rings. The fraction of sp³-hybridized carbons (Fsp3) is 0.250. The van der Waals surface area contributed by atoms with Crippen molar-refractivity contribution in [2.75, 3.05) is 19.0 Å². The highest BCUT2D eigenvalue weighted by Crippen LogP contribution is 2.28. The molecule has 0 fully saturated rings. The first-order valence-corrected chi connectivity index (χ1v) is 7.90. The molecule has 2 rings (SSSR count). The van der Waals surface area contributed by atoms with Crippen molar-refractivity contribution in [3.8, 4) is 11.5 Å². The molecule has 2 aromatic carbocycles. The summed E-state index contributed by atoms with van der Waals surface area (Å²) in [6.45, 7) is 6.56. The van der Waals surface area contributed by atoms with Gasteiger partial charge in [-0.25, -0.2) is 0 Å². The van der Waals surface area contributed by atoms with E-state index in [1.165, 1.54) is 11.6 Å². The van der Waals surface area contributed by atoms with Crippen LogP contribution in [0.2, 0.25) is 0 Å². The number of hydrogen-bond acceptors (Lipinski definition) is 3. The molecule has 0 spiro atoms. The van der Waals surface area contributed by atoms with Gasteiger partial charge in [0.05, 0.1) is 13.7 Å². The summed E-state index contributed by atoms with van der Waals surface area (Å²) >= 11 is 0. The normalized spacial score (nSPS) is 10.7. The number of aryl methyl sites for hydroxylation is 2. The highest BCUT2D eigenvalue weighted by Gasteiger charge is 2.04. The minimum absolute atomic E-state index is 0.175. The Kier molecular flexibility index (Phi) is 6.01. The molecule has 1 N–H and O–H groups in total. The van der Waals surface area contributed by atoms with Crippen LogP contribution in [0.4, 0.5) is 5.69 Å². The first-order chi connectivity index (χ1) is 11.5. The molecule has 126 valence electrons. The van der Waals surface area contributed by atoms with Crippen molar-refractivity contribution in [2.24, 2.45) is 0 Å². The lowest BCUT2D eigenvalue weighted by Crippen LogP contribution is -2.07. The fourth-order valence-electron chi connectivity index (χ4n) is 2.24. The van der Waals surface area contributed by atoms with Crippen LogP contribution in [0.5, 0.6) is 11.5 Å². The Hall–Kier alpha value is -2.75. The second-order valence-corrected chi connectivity index (χ2v) is 5.46. The number of amides is 1. The second kappa shape index (κ2) is 8.20. The Morgan fingerprint density at radius 1 is 1.08 bits per heavy atom. The van der Waals surface area contributed by atoms with E-state index in [0.717, 1.165) is 16.8 Å². The Morgan fingerprint density at radius 3 is 2.54 bits per heavy atom. The number of carbonyl (C=O) groups is 1. The number of rotatable bonds is 6. The lowest BCUT2D eigenvalue weighted by Gasteiger charge is -2.09. The van der Waals surface area contributed by atoms with Gasteiger partial charge in [-0.15, -0.1) is 0 Å². The minimum Gasteiger partial charge on any atom is -0.493 e. The van der Waals surface area contributed by atoms with E-state index in [0.29, 0.717) is 18.1 Å². The van der Waals surface area contributed by atoms with E-state index >= 15 is 0 Å². The first-order valence-electron chi connectivity index (χ1n) is 7.90. The van der Waals surface area contributed by atoms with E-state index in [-0.39, 0.29) is 5.91 Å². The zero-order valence-corrected chi connectivity index (χ0v) is 14.6.